The van der Waals surface area contributed by atoms with Gasteiger partial charge in [0.15, 0.2) is 15.8 Å². The first-order chi connectivity index (χ1) is 10.5. The molecule has 0 amide bonds. The molecular formula is C14H22N4O3S. The molecule has 2 rings (SSSR count). The minimum absolute atomic E-state index is 0.0724. The van der Waals surface area contributed by atoms with Gasteiger partial charge in [-0.1, -0.05) is 6.07 Å². The van der Waals surface area contributed by atoms with Gasteiger partial charge >= 0.3 is 0 Å². The van der Waals surface area contributed by atoms with Crippen molar-refractivity contribution in [1.82, 2.24) is 15.6 Å². The van der Waals surface area contributed by atoms with Gasteiger partial charge < -0.3 is 15.4 Å². The number of ether oxygens (including phenoxy) is 1. The van der Waals surface area contributed by atoms with Gasteiger partial charge in [-0.15, -0.1) is 0 Å². The molecule has 7 nitrogen and oxygen atoms in total. The zero-order chi connectivity index (χ0) is 16.0. The molecule has 122 valence electrons. The molecule has 2 heterocycles. The normalized spacial score (nSPS) is 20.6. The van der Waals surface area contributed by atoms with Crippen LogP contribution in [-0.4, -0.2) is 50.6 Å². The highest BCUT2D eigenvalue weighted by Gasteiger charge is 2.28. The van der Waals surface area contributed by atoms with Crippen LogP contribution in [0.25, 0.3) is 0 Å². The second kappa shape index (κ2) is 7.44. The fourth-order valence-corrected chi connectivity index (χ4v) is 3.89. The predicted octanol–water partition coefficient (Wildman–Crippen LogP) is 0.332. The van der Waals surface area contributed by atoms with E-state index in [1.807, 2.05) is 13.0 Å². The highest BCUT2D eigenvalue weighted by atomic mass is 32.2. The van der Waals surface area contributed by atoms with Gasteiger partial charge in [-0.05, 0) is 18.9 Å². The first kappa shape index (κ1) is 16.5. The third kappa shape index (κ3) is 4.87. The Balaban J connectivity index is 1.97. The second-order valence-electron chi connectivity index (χ2n) is 5.15. The summed E-state index contributed by atoms with van der Waals surface area (Å²) in [5, 5.41) is 6.31. The Labute approximate surface area is 131 Å². The molecule has 0 aromatic carbocycles. The number of hydrogen-bond donors (Lipinski definition) is 2. The summed E-state index contributed by atoms with van der Waals surface area (Å²) in [7, 11) is -1.33. The summed E-state index contributed by atoms with van der Waals surface area (Å²) >= 11 is 0. The lowest BCUT2D eigenvalue weighted by Crippen LogP contribution is -2.44. The van der Waals surface area contributed by atoms with Crippen LogP contribution < -0.4 is 15.4 Å². The molecule has 0 saturated carbocycles. The maximum atomic E-state index is 11.5. The number of pyridine rings is 1. The number of rotatable bonds is 5. The van der Waals surface area contributed by atoms with Crippen LogP contribution in [0.3, 0.4) is 0 Å². The molecule has 1 saturated heterocycles. The van der Waals surface area contributed by atoms with Crippen molar-refractivity contribution in [3.63, 3.8) is 0 Å². The summed E-state index contributed by atoms with van der Waals surface area (Å²) in [6.45, 7) is 3.15. The lowest BCUT2D eigenvalue weighted by molar-refractivity contribution is 0.397. The van der Waals surface area contributed by atoms with Gasteiger partial charge in [0.1, 0.15) is 0 Å². The number of sulfone groups is 1. The van der Waals surface area contributed by atoms with Gasteiger partial charge in [-0.3, -0.25) is 0 Å². The SMILES string of the molecule is CCNC(=NCc1ccc(OC)nc1)NC1CCS(=O)(=O)C1. The smallest absolute Gasteiger partial charge is 0.212 e. The van der Waals surface area contributed by atoms with E-state index in [4.69, 9.17) is 4.74 Å². The molecule has 1 aliphatic heterocycles. The zero-order valence-corrected chi connectivity index (χ0v) is 13.7. The van der Waals surface area contributed by atoms with Crippen molar-refractivity contribution in [3.8, 4) is 5.88 Å². The molecule has 1 aromatic rings. The third-order valence-corrected chi connectivity index (χ3v) is 5.11. The summed E-state index contributed by atoms with van der Waals surface area (Å²) in [6, 6.07) is 3.62. The highest BCUT2D eigenvalue weighted by Crippen LogP contribution is 2.11. The number of nitrogens with one attached hydrogen (secondary N) is 2. The summed E-state index contributed by atoms with van der Waals surface area (Å²) in [5.74, 6) is 1.60. The van der Waals surface area contributed by atoms with Crippen molar-refractivity contribution in [2.75, 3.05) is 25.2 Å². The molecule has 0 aliphatic carbocycles. The first-order valence-electron chi connectivity index (χ1n) is 7.26. The van der Waals surface area contributed by atoms with E-state index < -0.39 is 9.84 Å². The summed E-state index contributed by atoms with van der Waals surface area (Å²) in [5.41, 5.74) is 0.956. The monoisotopic (exact) mass is 326 g/mol. The molecule has 0 radical (unpaired) electrons. The Kier molecular flexibility index (Phi) is 5.59. The molecule has 22 heavy (non-hydrogen) atoms. The Hall–Kier alpha value is -1.83. The number of aliphatic imine (C=N–C) groups is 1. The number of nitrogens with zero attached hydrogens (tertiary/aromatic N) is 2. The Morgan fingerprint density at radius 2 is 2.32 bits per heavy atom. The van der Waals surface area contributed by atoms with E-state index in [0.29, 0.717) is 31.3 Å². The van der Waals surface area contributed by atoms with E-state index in [1.54, 1.807) is 19.4 Å². The van der Waals surface area contributed by atoms with E-state index >= 15 is 0 Å². The van der Waals surface area contributed by atoms with Crippen molar-refractivity contribution in [3.05, 3.63) is 23.9 Å². The molecule has 0 bridgehead atoms. The minimum atomic E-state index is -2.90. The van der Waals surface area contributed by atoms with Crippen molar-refractivity contribution < 1.29 is 13.2 Å². The van der Waals surface area contributed by atoms with Gasteiger partial charge in [0, 0.05) is 24.8 Å². The third-order valence-electron chi connectivity index (χ3n) is 3.34. The number of methoxy groups -OCH3 is 1. The van der Waals surface area contributed by atoms with Gasteiger partial charge in [0.05, 0.1) is 25.2 Å². The average molecular weight is 326 g/mol. The molecular weight excluding hydrogens is 304 g/mol. The van der Waals surface area contributed by atoms with Crippen LogP contribution >= 0.6 is 0 Å². The Bertz CT molecular complexity index is 613. The largest absolute Gasteiger partial charge is 0.481 e. The fraction of sp³-hybridized carbons (Fsp3) is 0.571. The number of aromatic nitrogens is 1. The average Bonchev–Trinajstić information content (AvgIpc) is 2.84. The second-order valence-corrected chi connectivity index (χ2v) is 7.38. The molecule has 1 unspecified atom stereocenters. The van der Waals surface area contributed by atoms with Crippen LogP contribution in [0.5, 0.6) is 5.88 Å². The van der Waals surface area contributed by atoms with Gasteiger partial charge in [-0.2, -0.15) is 0 Å². The van der Waals surface area contributed by atoms with E-state index in [9.17, 15) is 8.42 Å². The lowest BCUT2D eigenvalue weighted by Gasteiger charge is -2.15. The molecule has 2 N–H and O–H groups in total. The fourth-order valence-electron chi connectivity index (χ4n) is 2.22. The Morgan fingerprint density at radius 1 is 1.50 bits per heavy atom. The summed E-state index contributed by atoms with van der Waals surface area (Å²) < 4.78 is 28.0. The molecule has 0 spiro atoms. The van der Waals surface area contributed by atoms with E-state index in [0.717, 1.165) is 5.56 Å². The van der Waals surface area contributed by atoms with Gasteiger partial charge in [0.25, 0.3) is 0 Å². The Morgan fingerprint density at radius 3 is 2.86 bits per heavy atom. The predicted molar refractivity (Wildman–Crippen MR) is 85.8 cm³/mol. The van der Waals surface area contributed by atoms with E-state index in [2.05, 4.69) is 20.6 Å². The maximum absolute atomic E-state index is 11.5. The van der Waals surface area contributed by atoms with Crippen molar-refractivity contribution >= 4 is 15.8 Å². The maximum Gasteiger partial charge on any atom is 0.212 e. The van der Waals surface area contributed by atoms with Crippen LogP contribution in [0.4, 0.5) is 0 Å². The first-order valence-corrected chi connectivity index (χ1v) is 9.08. The molecule has 1 fully saturated rings. The summed E-state index contributed by atoms with van der Waals surface area (Å²) in [4.78, 5) is 8.60. The lowest BCUT2D eigenvalue weighted by atomic mass is 10.3. The quantitative estimate of drug-likeness (QED) is 0.598. The minimum Gasteiger partial charge on any atom is -0.481 e. The van der Waals surface area contributed by atoms with Crippen LogP contribution in [0.2, 0.25) is 0 Å². The molecule has 8 heteroatoms. The van der Waals surface area contributed by atoms with Gasteiger partial charge in [-0.25, -0.2) is 18.4 Å². The molecule has 1 aliphatic rings. The van der Waals surface area contributed by atoms with Crippen LogP contribution in [0, 0.1) is 0 Å². The number of guanidine groups is 1. The topological polar surface area (TPSA) is 92.7 Å². The van der Waals surface area contributed by atoms with Crippen molar-refractivity contribution in [2.24, 2.45) is 4.99 Å². The summed E-state index contributed by atoms with van der Waals surface area (Å²) in [6.07, 6.45) is 2.34. The van der Waals surface area contributed by atoms with Crippen molar-refractivity contribution in [2.45, 2.75) is 25.9 Å². The number of hydrogen-bond acceptors (Lipinski definition) is 5. The highest BCUT2D eigenvalue weighted by molar-refractivity contribution is 7.91. The molecule has 1 aromatic heterocycles. The van der Waals surface area contributed by atoms with Crippen LogP contribution in [0.15, 0.2) is 23.3 Å². The zero-order valence-electron chi connectivity index (χ0n) is 12.9. The van der Waals surface area contributed by atoms with Crippen LogP contribution in [-0.2, 0) is 16.4 Å². The van der Waals surface area contributed by atoms with Crippen LogP contribution in [0.1, 0.15) is 18.9 Å². The van der Waals surface area contributed by atoms with E-state index in [-0.39, 0.29) is 17.5 Å². The molecule has 1 atom stereocenters. The van der Waals surface area contributed by atoms with Crippen molar-refractivity contribution in [1.29, 1.82) is 0 Å². The van der Waals surface area contributed by atoms with Gasteiger partial charge in [0.2, 0.25) is 5.88 Å². The standard InChI is InChI=1S/C14H22N4O3S/c1-3-15-14(18-12-6-7-22(19,20)10-12)17-9-11-4-5-13(21-2)16-8-11/h4-5,8,12H,3,6-7,9-10H2,1-2H3,(H2,15,17,18). The van der Waals surface area contributed by atoms with E-state index in [1.165, 1.54) is 0 Å².